The summed E-state index contributed by atoms with van der Waals surface area (Å²) in [4.78, 5) is 24.9. The fraction of sp³-hybridized carbons (Fsp3) is 0.389. The van der Waals surface area contributed by atoms with E-state index in [1.54, 1.807) is 12.3 Å². The second-order valence-corrected chi connectivity index (χ2v) is 5.85. The van der Waals surface area contributed by atoms with Crippen LogP contribution in [0.3, 0.4) is 0 Å². The van der Waals surface area contributed by atoms with Crippen molar-refractivity contribution in [3.63, 3.8) is 0 Å². The van der Waals surface area contributed by atoms with Gasteiger partial charge in [0, 0.05) is 31.9 Å². The molecule has 1 amide bonds. The molecule has 2 aromatic rings. The minimum Gasteiger partial charge on any atom is -0.478 e. The van der Waals surface area contributed by atoms with Crippen LogP contribution in [0, 0.1) is 6.92 Å². The van der Waals surface area contributed by atoms with Crippen LogP contribution in [0.25, 0.3) is 0 Å². The summed E-state index contributed by atoms with van der Waals surface area (Å²) in [5, 5.41) is 0. The Bertz CT molecular complexity index is 720. The van der Waals surface area contributed by atoms with Crippen molar-refractivity contribution in [2.75, 3.05) is 31.1 Å². The van der Waals surface area contributed by atoms with Gasteiger partial charge in [0.2, 0.25) is 17.7 Å². The quantitative estimate of drug-likeness (QED) is 0.841. The highest BCUT2D eigenvalue weighted by molar-refractivity contribution is 5.82. The van der Waals surface area contributed by atoms with Gasteiger partial charge in [-0.3, -0.25) is 4.79 Å². The van der Waals surface area contributed by atoms with Crippen molar-refractivity contribution in [3.8, 4) is 5.88 Å². The van der Waals surface area contributed by atoms with Gasteiger partial charge in [0.25, 0.3) is 0 Å². The third-order valence-electron chi connectivity index (χ3n) is 3.97. The second-order valence-electron chi connectivity index (χ2n) is 5.85. The maximum atomic E-state index is 12.5. The molecular weight excluding hydrogens is 304 g/mol. The van der Waals surface area contributed by atoms with E-state index in [-0.39, 0.29) is 5.91 Å². The molecule has 1 aromatic heterocycles. The van der Waals surface area contributed by atoms with Crippen molar-refractivity contribution in [2.45, 2.75) is 20.4 Å². The lowest BCUT2D eigenvalue weighted by molar-refractivity contribution is -0.131. The molecule has 0 unspecified atom stereocenters. The number of ether oxygens (including phenoxy) is 1. The van der Waals surface area contributed by atoms with E-state index in [0.717, 1.165) is 5.56 Å². The van der Waals surface area contributed by atoms with Gasteiger partial charge in [-0.15, -0.1) is 0 Å². The van der Waals surface area contributed by atoms with Crippen LogP contribution < -0.4 is 9.64 Å². The Labute approximate surface area is 142 Å². The van der Waals surface area contributed by atoms with Crippen LogP contribution in [0.4, 0.5) is 5.95 Å². The monoisotopic (exact) mass is 326 g/mol. The van der Waals surface area contributed by atoms with Crippen molar-refractivity contribution in [1.29, 1.82) is 0 Å². The number of carbonyl (C=O) groups is 1. The summed E-state index contributed by atoms with van der Waals surface area (Å²) >= 11 is 0. The molecule has 0 aliphatic carbocycles. The van der Waals surface area contributed by atoms with Gasteiger partial charge in [0.1, 0.15) is 6.54 Å². The first kappa shape index (κ1) is 16.2. The fourth-order valence-corrected chi connectivity index (χ4v) is 2.79. The molecule has 1 saturated heterocycles. The number of carbonyl (C=O) groups excluding carboxylic acids is 1. The summed E-state index contributed by atoms with van der Waals surface area (Å²) < 4.78 is 5.40. The average Bonchev–Trinajstić information content (AvgIpc) is 2.57. The molecule has 1 aromatic carbocycles. The molecule has 1 aliphatic rings. The Hall–Kier alpha value is -2.63. The molecule has 0 radical (unpaired) electrons. The average molecular weight is 326 g/mol. The summed E-state index contributed by atoms with van der Waals surface area (Å²) in [5.41, 5.74) is 2.37. The maximum Gasteiger partial charge on any atom is 0.242 e. The summed E-state index contributed by atoms with van der Waals surface area (Å²) in [6.07, 6.45) is 1.66. The van der Waals surface area contributed by atoms with Crippen LogP contribution in [0.15, 0.2) is 36.5 Å². The normalized spacial score (nSPS) is 14.8. The van der Waals surface area contributed by atoms with Gasteiger partial charge in [-0.2, -0.15) is 4.98 Å². The van der Waals surface area contributed by atoms with Crippen molar-refractivity contribution >= 4 is 11.9 Å². The Morgan fingerprint density at radius 2 is 2.12 bits per heavy atom. The number of aryl methyl sites for hydroxylation is 1. The highest BCUT2D eigenvalue weighted by atomic mass is 16.5. The van der Waals surface area contributed by atoms with Crippen LogP contribution in [-0.2, 0) is 11.3 Å². The molecule has 0 N–H and O–H groups in total. The number of benzene rings is 1. The first-order chi connectivity index (χ1) is 11.7. The number of hydrogen-bond donors (Lipinski definition) is 0. The molecule has 3 rings (SSSR count). The third kappa shape index (κ3) is 3.82. The summed E-state index contributed by atoms with van der Waals surface area (Å²) in [7, 11) is 0. The first-order valence-electron chi connectivity index (χ1n) is 8.20. The number of hydrogen-bond acceptors (Lipinski definition) is 5. The van der Waals surface area contributed by atoms with E-state index < -0.39 is 0 Å². The Balaban J connectivity index is 1.65. The van der Waals surface area contributed by atoms with E-state index >= 15 is 0 Å². The van der Waals surface area contributed by atoms with Gasteiger partial charge in [-0.05, 0) is 19.4 Å². The minimum atomic E-state index is 0.0909. The second kappa shape index (κ2) is 7.29. The first-order valence-corrected chi connectivity index (χ1v) is 8.20. The molecule has 6 nitrogen and oxygen atoms in total. The van der Waals surface area contributed by atoms with Gasteiger partial charge < -0.3 is 14.5 Å². The van der Waals surface area contributed by atoms with Crippen LogP contribution in [0.5, 0.6) is 5.88 Å². The number of nitrogens with zero attached hydrogens (tertiary/aromatic N) is 4. The largest absolute Gasteiger partial charge is 0.478 e. The molecular formula is C18H22N4O2. The number of aromatic nitrogens is 2. The Morgan fingerprint density at radius 1 is 1.25 bits per heavy atom. The number of rotatable bonds is 5. The smallest absolute Gasteiger partial charge is 0.242 e. The number of anilines is 1. The maximum absolute atomic E-state index is 12.5. The van der Waals surface area contributed by atoms with E-state index in [2.05, 4.69) is 35.1 Å². The van der Waals surface area contributed by atoms with Gasteiger partial charge in [0.15, 0.2) is 0 Å². The fourth-order valence-electron chi connectivity index (χ4n) is 2.79. The summed E-state index contributed by atoms with van der Waals surface area (Å²) in [6.45, 7) is 6.85. The molecule has 0 saturated carbocycles. The number of amides is 1. The lowest BCUT2D eigenvalue weighted by Gasteiger charge is -2.34. The molecule has 1 fully saturated rings. The van der Waals surface area contributed by atoms with E-state index in [0.29, 0.717) is 44.6 Å². The van der Waals surface area contributed by atoms with Crippen molar-refractivity contribution in [3.05, 3.63) is 47.7 Å². The summed E-state index contributed by atoms with van der Waals surface area (Å²) in [5.74, 6) is 1.18. The molecule has 24 heavy (non-hydrogen) atoms. The number of piperazine rings is 1. The van der Waals surface area contributed by atoms with Gasteiger partial charge >= 0.3 is 0 Å². The van der Waals surface area contributed by atoms with Crippen molar-refractivity contribution < 1.29 is 9.53 Å². The lowest BCUT2D eigenvalue weighted by Crippen LogP contribution is -2.50. The van der Waals surface area contributed by atoms with Crippen LogP contribution in [0.2, 0.25) is 0 Å². The Kier molecular flexibility index (Phi) is 4.93. The minimum absolute atomic E-state index is 0.0909. The van der Waals surface area contributed by atoms with Gasteiger partial charge in [0.05, 0.1) is 6.61 Å². The predicted molar refractivity (Wildman–Crippen MR) is 92.0 cm³/mol. The molecule has 126 valence electrons. The van der Waals surface area contributed by atoms with Crippen LogP contribution >= 0.6 is 0 Å². The topological polar surface area (TPSA) is 58.6 Å². The highest BCUT2D eigenvalue weighted by Crippen LogP contribution is 2.17. The van der Waals surface area contributed by atoms with Crippen molar-refractivity contribution in [1.82, 2.24) is 14.9 Å². The van der Waals surface area contributed by atoms with Crippen LogP contribution in [-0.4, -0.2) is 47.0 Å². The zero-order chi connectivity index (χ0) is 16.9. The summed E-state index contributed by atoms with van der Waals surface area (Å²) in [6, 6.07) is 9.99. The molecule has 2 heterocycles. The van der Waals surface area contributed by atoms with Gasteiger partial charge in [-0.25, -0.2) is 4.98 Å². The predicted octanol–water partition coefficient (Wildman–Crippen LogP) is 2.03. The Morgan fingerprint density at radius 3 is 2.88 bits per heavy atom. The molecule has 6 heteroatoms. The highest BCUT2D eigenvalue weighted by Gasteiger charge is 2.25. The van der Waals surface area contributed by atoms with Crippen molar-refractivity contribution in [2.24, 2.45) is 0 Å². The lowest BCUT2D eigenvalue weighted by atomic mass is 10.1. The van der Waals surface area contributed by atoms with E-state index in [1.807, 2.05) is 22.8 Å². The SMILES string of the molecule is CCOc1ccnc(N2CCN(Cc3cccc(C)c3)C(=O)C2)n1. The van der Waals surface area contributed by atoms with E-state index in [4.69, 9.17) is 4.74 Å². The van der Waals surface area contributed by atoms with Gasteiger partial charge in [-0.1, -0.05) is 29.8 Å². The molecule has 0 atom stereocenters. The molecule has 0 bridgehead atoms. The zero-order valence-corrected chi connectivity index (χ0v) is 14.1. The standard InChI is InChI=1S/C18H22N4O2/c1-3-24-16-7-8-19-18(20-16)22-10-9-21(17(23)13-22)12-15-6-4-5-14(2)11-15/h4-8,11H,3,9-10,12-13H2,1-2H3. The van der Waals surface area contributed by atoms with E-state index in [1.165, 1.54) is 5.56 Å². The van der Waals surface area contributed by atoms with Crippen LogP contribution in [0.1, 0.15) is 18.1 Å². The molecule has 1 aliphatic heterocycles. The molecule has 0 spiro atoms. The zero-order valence-electron chi connectivity index (χ0n) is 14.1. The third-order valence-corrected chi connectivity index (χ3v) is 3.97. The van der Waals surface area contributed by atoms with E-state index in [9.17, 15) is 4.79 Å².